The second-order valence-electron chi connectivity index (χ2n) is 5.54. The topological polar surface area (TPSA) is 60.2 Å². The molecule has 23 heavy (non-hydrogen) atoms. The van der Waals surface area contributed by atoms with E-state index in [2.05, 4.69) is 28.3 Å². The Kier molecular flexibility index (Phi) is 4.41. The van der Waals surface area contributed by atoms with Crippen LogP contribution in [0.25, 0.3) is 5.57 Å². The first-order valence-electron chi connectivity index (χ1n) is 7.65. The van der Waals surface area contributed by atoms with E-state index in [9.17, 15) is 4.79 Å². The van der Waals surface area contributed by atoms with Crippen molar-refractivity contribution in [2.24, 2.45) is 0 Å². The van der Waals surface area contributed by atoms with Gasteiger partial charge in [-0.15, -0.1) is 0 Å². The third-order valence-electron chi connectivity index (χ3n) is 4.17. The maximum absolute atomic E-state index is 12.5. The van der Waals surface area contributed by atoms with Gasteiger partial charge in [-0.1, -0.05) is 18.2 Å². The second kappa shape index (κ2) is 6.64. The Labute approximate surface area is 135 Å². The highest BCUT2D eigenvalue weighted by Crippen LogP contribution is 2.25. The summed E-state index contributed by atoms with van der Waals surface area (Å²) in [5, 5.41) is 4.04. The Morgan fingerprint density at radius 3 is 2.65 bits per heavy atom. The summed E-state index contributed by atoms with van der Waals surface area (Å²) in [6.07, 6.45) is 5.99. The molecule has 2 aromatic rings. The number of hydrogen-bond acceptors (Lipinski definition) is 4. The Balaban J connectivity index is 1.66. The molecular formula is C17H20N4O2. The number of carbonyl (C=O) groups is 1. The number of aromatic nitrogens is 3. The van der Waals surface area contributed by atoms with Crippen LogP contribution in [0.2, 0.25) is 0 Å². The van der Waals surface area contributed by atoms with Crippen molar-refractivity contribution < 1.29 is 9.53 Å². The van der Waals surface area contributed by atoms with E-state index in [4.69, 9.17) is 4.74 Å². The van der Waals surface area contributed by atoms with Gasteiger partial charge in [0.05, 0.1) is 7.11 Å². The van der Waals surface area contributed by atoms with E-state index in [1.165, 1.54) is 17.5 Å². The Hall–Kier alpha value is -2.63. The van der Waals surface area contributed by atoms with E-state index in [1.54, 1.807) is 18.1 Å². The molecule has 0 spiro atoms. The molecule has 3 rings (SSSR count). The molecular weight excluding hydrogens is 292 g/mol. The van der Waals surface area contributed by atoms with Crippen LogP contribution in [-0.4, -0.2) is 45.8 Å². The van der Waals surface area contributed by atoms with Gasteiger partial charge < -0.3 is 9.64 Å². The van der Waals surface area contributed by atoms with E-state index in [1.807, 2.05) is 24.0 Å². The molecule has 1 atom stereocenters. The van der Waals surface area contributed by atoms with Gasteiger partial charge >= 0.3 is 0 Å². The molecule has 6 heteroatoms. The minimum atomic E-state index is -0.326. The molecule has 1 aromatic carbocycles. The van der Waals surface area contributed by atoms with Gasteiger partial charge in [0.15, 0.2) is 0 Å². The van der Waals surface area contributed by atoms with Crippen LogP contribution < -0.4 is 4.74 Å². The zero-order valence-electron chi connectivity index (χ0n) is 13.3. The van der Waals surface area contributed by atoms with Gasteiger partial charge in [0.2, 0.25) is 5.91 Å². The Morgan fingerprint density at radius 2 is 2.09 bits per heavy atom. The molecule has 6 nitrogen and oxygen atoms in total. The van der Waals surface area contributed by atoms with Gasteiger partial charge in [-0.25, -0.2) is 9.67 Å². The van der Waals surface area contributed by atoms with Crippen molar-refractivity contribution in [2.75, 3.05) is 20.2 Å². The average Bonchev–Trinajstić information content (AvgIpc) is 3.15. The third kappa shape index (κ3) is 3.26. The van der Waals surface area contributed by atoms with Gasteiger partial charge in [0, 0.05) is 13.1 Å². The lowest BCUT2D eigenvalue weighted by Gasteiger charge is -2.29. The highest BCUT2D eigenvalue weighted by atomic mass is 16.5. The summed E-state index contributed by atoms with van der Waals surface area (Å²) in [7, 11) is 1.66. The largest absolute Gasteiger partial charge is 0.497 e. The van der Waals surface area contributed by atoms with Crippen molar-refractivity contribution in [3.63, 3.8) is 0 Å². The molecule has 1 aromatic heterocycles. The molecule has 1 aliphatic heterocycles. The van der Waals surface area contributed by atoms with Crippen LogP contribution in [0.4, 0.5) is 0 Å². The molecule has 0 radical (unpaired) electrons. The summed E-state index contributed by atoms with van der Waals surface area (Å²) in [5.41, 5.74) is 2.45. The molecule has 0 saturated heterocycles. The summed E-state index contributed by atoms with van der Waals surface area (Å²) >= 11 is 0. The number of rotatable bonds is 4. The predicted octanol–water partition coefficient (Wildman–Crippen LogP) is 2.16. The molecule has 0 aliphatic carbocycles. The number of methoxy groups -OCH3 is 1. The lowest BCUT2D eigenvalue weighted by atomic mass is 9.99. The van der Waals surface area contributed by atoms with Crippen molar-refractivity contribution >= 4 is 11.5 Å². The van der Waals surface area contributed by atoms with Gasteiger partial charge in [-0.3, -0.25) is 4.79 Å². The van der Waals surface area contributed by atoms with Gasteiger partial charge in [-0.2, -0.15) is 5.10 Å². The molecule has 0 fully saturated rings. The van der Waals surface area contributed by atoms with Crippen LogP contribution in [0.1, 0.15) is 24.9 Å². The van der Waals surface area contributed by atoms with Gasteiger partial charge in [-0.05, 0) is 36.6 Å². The van der Waals surface area contributed by atoms with Crippen LogP contribution in [-0.2, 0) is 4.79 Å². The summed E-state index contributed by atoms with van der Waals surface area (Å²) in [6.45, 7) is 3.19. The standard InChI is InChI=1S/C17H20N4O2/c1-13(21-12-18-11-19-21)17(22)20-9-7-15(8-10-20)14-3-5-16(23-2)6-4-14/h3-7,11-13H,8-10H2,1-2H3. The molecule has 1 amide bonds. The Morgan fingerprint density at radius 1 is 1.30 bits per heavy atom. The number of ether oxygens (including phenoxy) is 1. The fourth-order valence-electron chi connectivity index (χ4n) is 2.73. The molecule has 2 heterocycles. The number of carbonyl (C=O) groups excluding carboxylic acids is 1. The van der Waals surface area contributed by atoms with Crippen molar-refractivity contribution in [3.05, 3.63) is 48.6 Å². The SMILES string of the molecule is COc1ccc(C2=CCN(C(=O)C(C)n3cncn3)CC2)cc1. The predicted molar refractivity (Wildman–Crippen MR) is 86.9 cm³/mol. The lowest BCUT2D eigenvalue weighted by Crippen LogP contribution is -2.39. The van der Waals surface area contributed by atoms with E-state index < -0.39 is 0 Å². The van der Waals surface area contributed by atoms with Crippen LogP contribution in [0.15, 0.2) is 43.0 Å². The van der Waals surface area contributed by atoms with E-state index in [-0.39, 0.29) is 11.9 Å². The third-order valence-corrected chi connectivity index (χ3v) is 4.17. The highest BCUT2D eigenvalue weighted by molar-refractivity contribution is 5.81. The smallest absolute Gasteiger partial charge is 0.247 e. The van der Waals surface area contributed by atoms with E-state index in [0.717, 1.165) is 18.7 Å². The first-order chi connectivity index (χ1) is 11.2. The highest BCUT2D eigenvalue weighted by Gasteiger charge is 2.24. The van der Waals surface area contributed by atoms with E-state index >= 15 is 0 Å². The first kappa shape index (κ1) is 15.3. The van der Waals surface area contributed by atoms with Crippen molar-refractivity contribution in [3.8, 4) is 5.75 Å². The molecule has 0 N–H and O–H groups in total. The minimum absolute atomic E-state index is 0.0699. The number of amides is 1. The zero-order chi connectivity index (χ0) is 16.2. The molecule has 120 valence electrons. The first-order valence-corrected chi connectivity index (χ1v) is 7.65. The fraction of sp³-hybridized carbons (Fsp3) is 0.353. The number of benzene rings is 1. The van der Waals surface area contributed by atoms with Crippen molar-refractivity contribution in [1.29, 1.82) is 0 Å². The number of nitrogens with zero attached hydrogens (tertiary/aromatic N) is 4. The van der Waals surface area contributed by atoms with Gasteiger partial charge in [0.25, 0.3) is 0 Å². The van der Waals surface area contributed by atoms with E-state index in [0.29, 0.717) is 6.54 Å². The average molecular weight is 312 g/mol. The monoisotopic (exact) mass is 312 g/mol. The molecule has 1 unspecified atom stereocenters. The molecule has 0 bridgehead atoms. The van der Waals surface area contributed by atoms with Crippen LogP contribution in [0, 0.1) is 0 Å². The Bertz CT molecular complexity index is 692. The fourth-order valence-corrected chi connectivity index (χ4v) is 2.73. The molecule has 0 saturated carbocycles. The molecule has 1 aliphatic rings. The maximum atomic E-state index is 12.5. The van der Waals surface area contributed by atoms with Crippen LogP contribution >= 0.6 is 0 Å². The lowest BCUT2D eigenvalue weighted by molar-refractivity contribution is -0.134. The normalized spacial score (nSPS) is 15.9. The van der Waals surface area contributed by atoms with Crippen molar-refractivity contribution in [2.45, 2.75) is 19.4 Å². The van der Waals surface area contributed by atoms with Crippen LogP contribution in [0.5, 0.6) is 5.75 Å². The number of hydrogen-bond donors (Lipinski definition) is 0. The summed E-state index contributed by atoms with van der Waals surface area (Å²) < 4.78 is 6.77. The van der Waals surface area contributed by atoms with Gasteiger partial charge in [0.1, 0.15) is 24.4 Å². The van der Waals surface area contributed by atoms with Crippen LogP contribution in [0.3, 0.4) is 0 Å². The zero-order valence-corrected chi connectivity index (χ0v) is 13.3. The second-order valence-corrected chi connectivity index (χ2v) is 5.54. The van der Waals surface area contributed by atoms with Crippen molar-refractivity contribution in [1.82, 2.24) is 19.7 Å². The quantitative estimate of drug-likeness (QED) is 0.868. The summed E-state index contributed by atoms with van der Waals surface area (Å²) in [4.78, 5) is 18.3. The summed E-state index contributed by atoms with van der Waals surface area (Å²) in [5.74, 6) is 0.921. The maximum Gasteiger partial charge on any atom is 0.247 e. The summed E-state index contributed by atoms with van der Waals surface area (Å²) in [6, 6.07) is 7.70. The minimum Gasteiger partial charge on any atom is -0.497 e.